The van der Waals surface area contributed by atoms with Crippen LogP contribution in [0.5, 0.6) is 0 Å². The maximum Gasteiger partial charge on any atom is 0.289 e. The quantitative estimate of drug-likeness (QED) is 0.684. The zero-order valence-electron chi connectivity index (χ0n) is 17.1. The fraction of sp³-hybridized carbons (Fsp3) is 0.273. The van der Waals surface area contributed by atoms with Gasteiger partial charge in [0.2, 0.25) is 5.91 Å². The maximum absolute atomic E-state index is 13.1. The van der Waals surface area contributed by atoms with Crippen LogP contribution in [0.15, 0.2) is 53.6 Å². The number of carbonyl (C=O) groups is 3. The van der Waals surface area contributed by atoms with Crippen LogP contribution in [-0.4, -0.2) is 59.1 Å². The van der Waals surface area contributed by atoms with Gasteiger partial charge in [0.25, 0.3) is 11.1 Å². The van der Waals surface area contributed by atoms with Crippen molar-refractivity contribution in [1.29, 1.82) is 0 Å². The summed E-state index contributed by atoms with van der Waals surface area (Å²) in [6.07, 6.45) is 0.480. The summed E-state index contributed by atoms with van der Waals surface area (Å²) in [5, 5.41) is 6.11. The van der Waals surface area contributed by atoms with E-state index in [1.807, 2.05) is 61.5 Å². The van der Waals surface area contributed by atoms with E-state index in [2.05, 4.69) is 5.10 Å². The molecule has 0 aliphatic carbocycles. The molecule has 0 saturated carbocycles. The minimum absolute atomic E-state index is 0.0652. The number of carbonyl (C=O) groups excluding carboxylic acids is 3. The van der Waals surface area contributed by atoms with E-state index in [9.17, 15) is 14.4 Å². The molecule has 1 atom stereocenters. The first kappa shape index (κ1) is 21.4. The molecule has 4 rings (SSSR count). The van der Waals surface area contributed by atoms with Crippen molar-refractivity contribution < 1.29 is 14.4 Å². The summed E-state index contributed by atoms with van der Waals surface area (Å²) < 4.78 is 0. The van der Waals surface area contributed by atoms with Crippen LogP contribution >= 0.6 is 23.4 Å². The predicted octanol–water partition coefficient (Wildman–Crippen LogP) is 3.78. The first-order chi connectivity index (χ1) is 14.8. The van der Waals surface area contributed by atoms with Crippen molar-refractivity contribution in [1.82, 2.24) is 9.91 Å². The standard InChI is InChI=1S/C22H21ClN4O3S/c1-25(2)15-9-7-14(8-10-15)19-11-18(16-5-3-4-6-17(16)23)24-27(19)20(28)12-26-21(29)13-31-22(26)30/h3-10,19H,11-13H2,1-2H3. The molecule has 0 radical (unpaired) electrons. The molecule has 160 valence electrons. The lowest BCUT2D eigenvalue weighted by Gasteiger charge is -2.24. The van der Waals surface area contributed by atoms with E-state index in [1.54, 1.807) is 6.07 Å². The maximum atomic E-state index is 13.1. The number of hydrogen-bond donors (Lipinski definition) is 0. The number of thioether (sulfide) groups is 1. The van der Waals surface area contributed by atoms with Crippen molar-refractivity contribution in [3.05, 3.63) is 64.7 Å². The Kier molecular flexibility index (Phi) is 6.02. The molecule has 1 saturated heterocycles. The molecule has 9 heteroatoms. The number of halogens is 1. The molecule has 0 bridgehead atoms. The lowest BCUT2D eigenvalue weighted by atomic mass is 9.98. The topological polar surface area (TPSA) is 73.3 Å². The van der Waals surface area contributed by atoms with Gasteiger partial charge in [-0.2, -0.15) is 5.10 Å². The number of hydrazone groups is 1. The van der Waals surface area contributed by atoms with Gasteiger partial charge in [0, 0.05) is 36.8 Å². The summed E-state index contributed by atoms with van der Waals surface area (Å²) in [5.74, 6) is -0.701. The molecule has 2 aliphatic heterocycles. The van der Waals surface area contributed by atoms with E-state index in [4.69, 9.17) is 11.6 Å². The number of amides is 3. The molecule has 7 nitrogen and oxygen atoms in total. The number of imide groups is 1. The van der Waals surface area contributed by atoms with Crippen LogP contribution in [0, 0.1) is 0 Å². The second-order valence-corrected chi connectivity index (χ2v) is 8.84. The van der Waals surface area contributed by atoms with Crippen molar-refractivity contribution >= 4 is 51.8 Å². The lowest BCUT2D eigenvalue weighted by molar-refractivity contribution is -0.137. The van der Waals surface area contributed by atoms with Crippen LogP contribution in [-0.2, 0) is 9.59 Å². The highest BCUT2D eigenvalue weighted by Crippen LogP contribution is 2.35. The SMILES string of the molecule is CN(C)c1ccc(C2CC(c3ccccc3Cl)=NN2C(=O)CN2C(=O)CSC2=O)cc1. The Morgan fingerprint density at radius 3 is 2.48 bits per heavy atom. The van der Waals surface area contributed by atoms with E-state index in [0.717, 1.165) is 33.5 Å². The molecule has 3 amide bonds. The average molecular weight is 457 g/mol. The van der Waals surface area contributed by atoms with Crippen LogP contribution in [0.4, 0.5) is 10.5 Å². The van der Waals surface area contributed by atoms with E-state index >= 15 is 0 Å². The van der Waals surface area contributed by atoms with Gasteiger partial charge in [0.1, 0.15) is 6.54 Å². The molecule has 2 aromatic rings. The number of hydrogen-bond acceptors (Lipinski definition) is 6. The minimum Gasteiger partial charge on any atom is -0.378 e. The third-order valence-corrected chi connectivity index (χ3v) is 6.47. The summed E-state index contributed by atoms with van der Waals surface area (Å²) in [7, 11) is 3.92. The zero-order valence-corrected chi connectivity index (χ0v) is 18.7. The van der Waals surface area contributed by atoms with Crippen LogP contribution < -0.4 is 4.90 Å². The van der Waals surface area contributed by atoms with Crippen molar-refractivity contribution in [2.24, 2.45) is 5.10 Å². The van der Waals surface area contributed by atoms with Crippen LogP contribution in [0.3, 0.4) is 0 Å². The predicted molar refractivity (Wildman–Crippen MR) is 123 cm³/mol. The van der Waals surface area contributed by atoms with Gasteiger partial charge in [-0.25, -0.2) is 5.01 Å². The molecule has 0 spiro atoms. The summed E-state index contributed by atoms with van der Waals surface area (Å²) in [4.78, 5) is 40.1. The van der Waals surface area contributed by atoms with E-state index in [0.29, 0.717) is 17.2 Å². The molecule has 1 fully saturated rings. The zero-order chi connectivity index (χ0) is 22.1. The first-order valence-electron chi connectivity index (χ1n) is 9.74. The van der Waals surface area contributed by atoms with Gasteiger partial charge in [-0.3, -0.25) is 19.3 Å². The first-order valence-corrected chi connectivity index (χ1v) is 11.1. The minimum atomic E-state index is -0.409. The molecule has 1 unspecified atom stereocenters. The summed E-state index contributed by atoms with van der Waals surface area (Å²) in [5.41, 5.74) is 3.41. The monoisotopic (exact) mass is 456 g/mol. The van der Waals surface area contributed by atoms with Gasteiger partial charge in [-0.05, 0) is 23.8 Å². The Balaban J connectivity index is 1.65. The van der Waals surface area contributed by atoms with Crippen LogP contribution in [0.25, 0.3) is 0 Å². The van der Waals surface area contributed by atoms with Gasteiger partial charge in [0.05, 0.1) is 17.5 Å². The highest BCUT2D eigenvalue weighted by Gasteiger charge is 2.38. The molecule has 31 heavy (non-hydrogen) atoms. The largest absolute Gasteiger partial charge is 0.378 e. The molecule has 2 heterocycles. The molecule has 2 aliphatic rings. The molecule has 0 aromatic heterocycles. The van der Waals surface area contributed by atoms with E-state index in [-0.39, 0.29) is 24.2 Å². The van der Waals surface area contributed by atoms with Crippen molar-refractivity contribution in [2.75, 3.05) is 31.3 Å². The summed E-state index contributed by atoms with van der Waals surface area (Å²) in [6.45, 7) is -0.323. The molecular weight excluding hydrogens is 436 g/mol. The number of rotatable bonds is 5. The third kappa shape index (κ3) is 4.31. The van der Waals surface area contributed by atoms with Gasteiger partial charge < -0.3 is 4.90 Å². The molecule has 0 N–H and O–H groups in total. The fourth-order valence-corrected chi connectivity index (χ4v) is 4.56. The number of nitrogens with zero attached hydrogens (tertiary/aromatic N) is 4. The van der Waals surface area contributed by atoms with Gasteiger partial charge >= 0.3 is 0 Å². The highest BCUT2D eigenvalue weighted by atomic mass is 35.5. The number of anilines is 1. The van der Waals surface area contributed by atoms with Gasteiger partial charge in [-0.15, -0.1) is 0 Å². The summed E-state index contributed by atoms with van der Waals surface area (Å²) >= 11 is 7.27. The Hall–Kier alpha value is -2.84. The lowest BCUT2D eigenvalue weighted by Crippen LogP contribution is -2.40. The van der Waals surface area contributed by atoms with Crippen molar-refractivity contribution in [3.8, 4) is 0 Å². The normalized spacial score (nSPS) is 18.5. The van der Waals surface area contributed by atoms with E-state index < -0.39 is 11.1 Å². The van der Waals surface area contributed by atoms with Gasteiger partial charge in [0.15, 0.2) is 0 Å². The second kappa shape index (κ2) is 8.72. The van der Waals surface area contributed by atoms with Crippen molar-refractivity contribution in [2.45, 2.75) is 12.5 Å². The Labute approximate surface area is 189 Å². The molecule has 2 aromatic carbocycles. The van der Waals surface area contributed by atoms with Crippen LogP contribution in [0.1, 0.15) is 23.6 Å². The smallest absolute Gasteiger partial charge is 0.289 e. The van der Waals surface area contributed by atoms with Crippen molar-refractivity contribution in [3.63, 3.8) is 0 Å². The van der Waals surface area contributed by atoms with Gasteiger partial charge in [-0.1, -0.05) is 53.7 Å². The molecular formula is C22H21ClN4O3S. The average Bonchev–Trinajstić information content (AvgIpc) is 3.33. The highest BCUT2D eigenvalue weighted by molar-refractivity contribution is 8.14. The fourth-order valence-electron chi connectivity index (χ4n) is 3.59. The van der Waals surface area contributed by atoms with Crippen LogP contribution in [0.2, 0.25) is 5.02 Å². The Bertz CT molecular complexity index is 1050. The Morgan fingerprint density at radius 1 is 1.16 bits per heavy atom. The number of benzene rings is 2. The summed E-state index contributed by atoms with van der Waals surface area (Å²) in [6, 6.07) is 14.9. The van der Waals surface area contributed by atoms with E-state index in [1.165, 1.54) is 5.01 Å². The second-order valence-electron chi connectivity index (χ2n) is 7.51. The Morgan fingerprint density at radius 2 is 1.87 bits per heavy atom. The third-order valence-electron chi connectivity index (χ3n) is 5.28.